The number of benzene rings is 2. The lowest BCUT2D eigenvalue weighted by molar-refractivity contribution is 0.0952. The standard InChI is InChI=1S/C17H16BrClN2O2/c1-2-8-20-16(22)11-4-3-5-13(9-11)21-17(23)14-7-6-12(18)10-15(14)19/h3-7,9-10H,2,8H2,1H3,(H,20,22)(H,21,23). The Balaban J connectivity index is 2.13. The van der Waals surface area contributed by atoms with E-state index in [2.05, 4.69) is 26.6 Å². The normalized spacial score (nSPS) is 10.2. The van der Waals surface area contributed by atoms with Gasteiger partial charge in [-0.1, -0.05) is 40.5 Å². The number of rotatable bonds is 5. The second kappa shape index (κ2) is 8.13. The molecule has 0 atom stereocenters. The zero-order valence-corrected chi connectivity index (χ0v) is 14.9. The van der Waals surface area contributed by atoms with Gasteiger partial charge in [-0.25, -0.2) is 0 Å². The van der Waals surface area contributed by atoms with Crippen LogP contribution in [-0.2, 0) is 0 Å². The van der Waals surface area contributed by atoms with Gasteiger partial charge >= 0.3 is 0 Å². The maximum atomic E-state index is 12.3. The number of carbonyl (C=O) groups excluding carboxylic acids is 2. The molecule has 0 aliphatic carbocycles. The summed E-state index contributed by atoms with van der Waals surface area (Å²) in [5.74, 6) is -0.488. The monoisotopic (exact) mass is 394 g/mol. The summed E-state index contributed by atoms with van der Waals surface area (Å²) in [6, 6.07) is 11.8. The van der Waals surface area contributed by atoms with Gasteiger partial charge in [-0.05, 0) is 42.8 Å². The van der Waals surface area contributed by atoms with Crippen LogP contribution in [0.4, 0.5) is 5.69 Å². The van der Waals surface area contributed by atoms with E-state index in [1.165, 1.54) is 0 Å². The first kappa shape index (κ1) is 17.5. The van der Waals surface area contributed by atoms with Crippen molar-refractivity contribution < 1.29 is 9.59 Å². The van der Waals surface area contributed by atoms with Crippen molar-refractivity contribution in [3.8, 4) is 0 Å². The largest absolute Gasteiger partial charge is 0.352 e. The minimum absolute atomic E-state index is 0.162. The van der Waals surface area contributed by atoms with Crippen molar-refractivity contribution in [2.24, 2.45) is 0 Å². The molecule has 0 fully saturated rings. The van der Waals surface area contributed by atoms with E-state index in [0.29, 0.717) is 28.4 Å². The van der Waals surface area contributed by atoms with Crippen molar-refractivity contribution >= 4 is 45.0 Å². The van der Waals surface area contributed by atoms with Gasteiger partial charge in [0.05, 0.1) is 10.6 Å². The van der Waals surface area contributed by atoms with Crippen molar-refractivity contribution in [3.63, 3.8) is 0 Å². The second-order valence-electron chi connectivity index (χ2n) is 4.91. The number of carbonyl (C=O) groups is 2. The molecule has 0 spiro atoms. The van der Waals surface area contributed by atoms with Gasteiger partial charge in [0.15, 0.2) is 0 Å². The van der Waals surface area contributed by atoms with Crippen LogP contribution < -0.4 is 10.6 Å². The van der Waals surface area contributed by atoms with Crippen molar-refractivity contribution in [1.82, 2.24) is 5.32 Å². The highest BCUT2D eigenvalue weighted by atomic mass is 79.9. The molecule has 0 bridgehead atoms. The zero-order valence-electron chi connectivity index (χ0n) is 12.5. The Morgan fingerprint density at radius 2 is 1.91 bits per heavy atom. The first-order valence-corrected chi connectivity index (χ1v) is 8.33. The molecule has 0 saturated heterocycles. The van der Waals surface area contributed by atoms with E-state index in [1.807, 2.05) is 6.92 Å². The van der Waals surface area contributed by atoms with E-state index >= 15 is 0 Å². The van der Waals surface area contributed by atoms with E-state index in [9.17, 15) is 9.59 Å². The van der Waals surface area contributed by atoms with Crippen molar-refractivity contribution in [3.05, 3.63) is 63.1 Å². The average Bonchev–Trinajstić information content (AvgIpc) is 2.52. The third-order valence-corrected chi connectivity index (χ3v) is 3.90. The maximum absolute atomic E-state index is 12.3. The first-order valence-electron chi connectivity index (χ1n) is 7.16. The van der Waals surface area contributed by atoms with Crippen LogP contribution in [-0.4, -0.2) is 18.4 Å². The van der Waals surface area contributed by atoms with E-state index < -0.39 is 0 Å². The van der Waals surface area contributed by atoms with Gasteiger partial charge in [-0.3, -0.25) is 9.59 Å². The number of hydrogen-bond acceptors (Lipinski definition) is 2. The molecule has 2 aromatic carbocycles. The number of hydrogen-bond donors (Lipinski definition) is 2. The lowest BCUT2D eigenvalue weighted by atomic mass is 10.1. The highest BCUT2D eigenvalue weighted by Gasteiger charge is 2.12. The van der Waals surface area contributed by atoms with E-state index in [1.54, 1.807) is 42.5 Å². The highest BCUT2D eigenvalue weighted by Crippen LogP contribution is 2.22. The van der Waals surface area contributed by atoms with E-state index in [-0.39, 0.29) is 11.8 Å². The van der Waals surface area contributed by atoms with Crippen molar-refractivity contribution in [1.29, 1.82) is 0 Å². The van der Waals surface area contributed by atoms with Crippen LogP contribution in [0.5, 0.6) is 0 Å². The minimum Gasteiger partial charge on any atom is -0.352 e. The van der Waals surface area contributed by atoms with Gasteiger partial charge < -0.3 is 10.6 Å². The molecule has 0 aromatic heterocycles. The van der Waals surface area contributed by atoms with Crippen molar-refractivity contribution in [2.45, 2.75) is 13.3 Å². The van der Waals surface area contributed by atoms with Crippen LogP contribution in [0.15, 0.2) is 46.9 Å². The Kier molecular flexibility index (Phi) is 6.19. The second-order valence-corrected chi connectivity index (χ2v) is 6.24. The van der Waals surface area contributed by atoms with Crippen LogP contribution >= 0.6 is 27.5 Å². The molecule has 2 rings (SSSR count). The quantitative estimate of drug-likeness (QED) is 0.783. The molecule has 2 aromatic rings. The molecule has 4 nitrogen and oxygen atoms in total. The Morgan fingerprint density at radius 1 is 1.13 bits per heavy atom. The van der Waals surface area contributed by atoms with Gasteiger partial charge in [0.25, 0.3) is 11.8 Å². The maximum Gasteiger partial charge on any atom is 0.257 e. The van der Waals surface area contributed by atoms with Crippen LogP contribution in [0.1, 0.15) is 34.1 Å². The van der Waals surface area contributed by atoms with Crippen LogP contribution in [0.25, 0.3) is 0 Å². The predicted molar refractivity (Wildman–Crippen MR) is 96.2 cm³/mol. The fourth-order valence-electron chi connectivity index (χ4n) is 1.95. The SMILES string of the molecule is CCCNC(=O)c1cccc(NC(=O)c2ccc(Br)cc2Cl)c1. The lowest BCUT2D eigenvalue weighted by Crippen LogP contribution is -2.24. The molecule has 2 N–H and O–H groups in total. The number of amides is 2. The summed E-state index contributed by atoms with van der Waals surface area (Å²) in [7, 11) is 0. The van der Waals surface area contributed by atoms with Crippen LogP contribution in [0, 0.1) is 0 Å². The van der Waals surface area contributed by atoms with E-state index in [0.717, 1.165) is 10.9 Å². The van der Waals surface area contributed by atoms with E-state index in [4.69, 9.17) is 11.6 Å². The van der Waals surface area contributed by atoms with Gasteiger partial charge in [0.2, 0.25) is 0 Å². The molecule has 0 saturated carbocycles. The Bertz CT molecular complexity index is 734. The Hall–Kier alpha value is -1.85. The third kappa shape index (κ3) is 4.81. The zero-order chi connectivity index (χ0) is 16.8. The number of anilines is 1. The topological polar surface area (TPSA) is 58.2 Å². The fraction of sp³-hybridized carbons (Fsp3) is 0.176. The Labute approximate surface area is 148 Å². The van der Waals surface area contributed by atoms with Crippen LogP contribution in [0.3, 0.4) is 0 Å². The molecule has 23 heavy (non-hydrogen) atoms. The summed E-state index contributed by atoms with van der Waals surface area (Å²) >= 11 is 9.37. The molecular weight excluding hydrogens is 380 g/mol. The molecule has 0 unspecified atom stereocenters. The summed E-state index contributed by atoms with van der Waals surface area (Å²) in [6.45, 7) is 2.60. The molecular formula is C17H16BrClN2O2. The van der Waals surface area contributed by atoms with Gasteiger partial charge in [0.1, 0.15) is 0 Å². The summed E-state index contributed by atoms with van der Waals surface area (Å²) in [4.78, 5) is 24.2. The molecule has 0 aliphatic heterocycles. The summed E-state index contributed by atoms with van der Waals surface area (Å²) in [6.07, 6.45) is 0.865. The Morgan fingerprint density at radius 3 is 2.61 bits per heavy atom. The summed E-state index contributed by atoms with van der Waals surface area (Å²) in [5.41, 5.74) is 1.41. The minimum atomic E-state index is -0.325. The third-order valence-electron chi connectivity index (χ3n) is 3.09. The first-order chi connectivity index (χ1) is 11.0. The number of nitrogens with one attached hydrogen (secondary N) is 2. The summed E-state index contributed by atoms with van der Waals surface area (Å²) in [5, 5.41) is 5.90. The smallest absolute Gasteiger partial charge is 0.257 e. The molecule has 0 radical (unpaired) electrons. The highest BCUT2D eigenvalue weighted by molar-refractivity contribution is 9.10. The van der Waals surface area contributed by atoms with Gasteiger partial charge in [-0.15, -0.1) is 0 Å². The molecule has 6 heteroatoms. The predicted octanol–water partition coefficient (Wildman–Crippen LogP) is 4.49. The van der Waals surface area contributed by atoms with Gasteiger partial charge in [-0.2, -0.15) is 0 Å². The average molecular weight is 396 g/mol. The summed E-state index contributed by atoms with van der Waals surface area (Å²) < 4.78 is 0.800. The fourth-order valence-corrected chi connectivity index (χ4v) is 2.71. The van der Waals surface area contributed by atoms with Crippen molar-refractivity contribution in [2.75, 3.05) is 11.9 Å². The molecule has 2 amide bonds. The van der Waals surface area contributed by atoms with Crippen LogP contribution in [0.2, 0.25) is 5.02 Å². The molecule has 120 valence electrons. The molecule has 0 heterocycles. The molecule has 0 aliphatic rings. The lowest BCUT2D eigenvalue weighted by Gasteiger charge is -2.09. The van der Waals surface area contributed by atoms with Gasteiger partial charge in [0, 0.05) is 22.3 Å². The number of halogens is 2.